The van der Waals surface area contributed by atoms with E-state index >= 15 is 0 Å². The van der Waals surface area contributed by atoms with Crippen molar-refractivity contribution in [2.24, 2.45) is 0 Å². The van der Waals surface area contributed by atoms with E-state index in [1.54, 1.807) is 0 Å². The number of carbonyl (C=O) groups excluding carboxylic acids is 2. The van der Waals surface area contributed by atoms with Crippen molar-refractivity contribution < 1.29 is 38.4 Å². The molecule has 3 aromatic rings. The van der Waals surface area contributed by atoms with Crippen molar-refractivity contribution in [1.82, 2.24) is 0 Å². The lowest BCUT2D eigenvalue weighted by molar-refractivity contribution is -0.141. The van der Waals surface area contributed by atoms with Crippen LogP contribution in [0.1, 0.15) is 25.3 Å². The molecule has 0 atom stereocenters. The molecule has 8 nitrogen and oxygen atoms in total. The lowest BCUT2D eigenvalue weighted by atomic mass is 9.93. The highest BCUT2D eigenvalue weighted by molar-refractivity contribution is 5.88. The fraction of sp³-hybridized carbons (Fsp3) is 0.314. The van der Waals surface area contributed by atoms with E-state index in [1.807, 2.05) is 42.5 Å². The van der Waals surface area contributed by atoms with Crippen LogP contribution in [0.15, 0.2) is 91.0 Å². The fourth-order valence-electron chi connectivity index (χ4n) is 4.16. The molecule has 0 bridgehead atoms. The molecule has 0 aliphatic carbocycles. The third-order valence-corrected chi connectivity index (χ3v) is 6.50. The molecule has 0 saturated carbocycles. The van der Waals surface area contributed by atoms with Gasteiger partial charge in [0.2, 0.25) is 0 Å². The second-order valence-corrected chi connectivity index (χ2v) is 9.80. The van der Waals surface area contributed by atoms with Crippen molar-refractivity contribution in [1.29, 1.82) is 0 Å². The third kappa shape index (κ3) is 10.4. The number of ether oxygens (including phenoxy) is 5. The summed E-state index contributed by atoms with van der Waals surface area (Å²) >= 11 is 0. The number of rotatable bonds is 18. The Labute approximate surface area is 253 Å². The second kappa shape index (κ2) is 17.5. The number of hydrogen-bond donors (Lipinski definition) is 1. The van der Waals surface area contributed by atoms with Gasteiger partial charge in [-0.3, -0.25) is 0 Å². The molecule has 0 aromatic heterocycles. The molecule has 0 unspecified atom stereocenters. The Morgan fingerprint density at radius 3 is 1.88 bits per heavy atom. The topological polar surface area (TPSA) is 101 Å². The quantitative estimate of drug-likeness (QED) is 0.110. The summed E-state index contributed by atoms with van der Waals surface area (Å²) in [5, 5.41) is 8.95. The number of methoxy groups -OCH3 is 1. The van der Waals surface area contributed by atoms with E-state index in [4.69, 9.17) is 28.8 Å². The largest absolute Gasteiger partial charge is 0.490 e. The molecular formula is C35H40O8. The van der Waals surface area contributed by atoms with Crippen molar-refractivity contribution in [3.63, 3.8) is 0 Å². The second-order valence-electron chi connectivity index (χ2n) is 9.80. The number of aryl methyl sites for hydroxylation is 1. The first-order valence-electron chi connectivity index (χ1n) is 14.2. The first-order chi connectivity index (χ1) is 20.9. The first-order valence-corrected chi connectivity index (χ1v) is 14.2. The van der Waals surface area contributed by atoms with Gasteiger partial charge in [-0.25, -0.2) is 9.59 Å². The van der Waals surface area contributed by atoms with Crippen molar-refractivity contribution in [3.05, 3.63) is 96.6 Å². The molecular weight excluding hydrogens is 548 g/mol. The molecule has 43 heavy (non-hydrogen) atoms. The SMILES string of the molecule is C=C(CO)C(=O)OCCOc1ccc(-c2ccc(OCCOC(=O)C(=C)COC)cc2-c2ccc(CCCC)cc2)cc1. The zero-order valence-corrected chi connectivity index (χ0v) is 24.9. The lowest BCUT2D eigenvalue weighted by Gasteiger charge is -2.15. The smallest absolute Gasteiger partial charge is 0.335 e. The highest BCUT2D eigenvalue weighted by atomic mass is 16.6. The van der Waals surface area contributed by atoms with Gasteiger partial charge in [0.25, 0.3) is 0 Å². The van der Waals surface area contributed by atoms with Crippen LogP contribution in [0.5, 0.6) is 11.5 Å². The van der Waals surface area contributed by atoms with Gasteiger partial charge < -0.3 is 28.8 Å². The summed E-state index contributed by atoms with van der Waals surface area (Å²) < 4.78 is 26.8. The Morgan fingerprint density at radius 2 is 1.28 bits per heavy atom. The molecule has 228 valence electrons. The van der Waals surface area contributed by atoms with Crippen LogP contribution in [0, 0.1) is 0 Å². The summed E-state index contributed by atoms with van der Waals surface area (Å²) in [5.74, 6) is 0.128. The lowest BCUT2D eigenvalue weighted by Crippen LogP contribution is -2.15. The van der Waals surface area contributed by atoms with E-state index in [1.165, 1.54) is 12.7 Å². The Kier molecular flexibility index (Phi) is 13.5. The Morgan fingerprint density at radius 1 is 0.721 bits per heavy atom. The minimum atomic E-state index is -0.645. The van der Waals surface area contributed by atoms with E-state index in [2.05, 4.69) is 44.3 Å². The van der Waals surface area contributed by atoms with Gasteiger partial charge in [0.15, 0.2) is 0 Å². The highest BCUT2D eigenvalue weighted by Crippen LogP contribution is 2.36. The molecule has 0 saturated heterocycles. The number of aliphatic hydroxyl groups is 1. The van der Waals surface area contributed by atoms with Crippen LogP contribution >= 0.6 is 0 Å². The maximum atomic E-state index is 11.9. The molecule has 0 spiro atoms. The van der Waals surface area contributed by atoms with Crippen molar-refractivity contribution in [2.45, 2.75) is 26.2 Å². The molecule has 3 rings (SSSR count). The number of esters is 2. The molecule has 0 heterocycles. The molecule has 3 aromatic carbocycles. The minimum Gasteiger partial charge on any atom is -0.490 e. The van der Waals surface area contributed by atoms with E-state index < -0.39 is 18.5 Å². The van der Waals surface area contributed by atoms with Crippen LogP contribution in [0.4, 0.5) is 0 Å². The van der Waals surface area contributed by atoms with Gasteiger partial charge in [0, 0.05) is 7.11 Å². The predicted molar refractivity (Wildman–Crippen MR) is 166 cm³/mol. The zero-order chi connectivity index (χ0) is 31.0. The number of unbranched alkanes of at least 4 members (excludes halogenated alkanes) is 1. The van der Waals surface area contributed by atoms with E-state index in [9.17, 15) is 9.59 Å². The number of aliphatic hydroxyl groups excluding tert-OH is 1. The van der Waals surface area contributed by atoms with Crippen LogP contribution in [-0.4, -0.2) is 63.8 Å². The van der Waals surface area contributed by atoms with Crippen LogP contribution in [0.2, 0.25) is 0 Å². The average molecular weight is 589 g/mol. The maximum Gasteiger partial charge on any atom is 0.335 e. The summed E-state index contributed by atoms with van der Waals surface area (Å²) in [4.78, 5) is 23.5. The average Bonchev–Trinajstić information content (AvgIpc) is 3.04. The molecule has 0 fully saturated rings. The Hall–Kier alpha value is -4.40. The normalized spacial score (nSPS) is 10.6. The summed E-state index contributed by atoms with van der Waals surface area (Å²) in [6.07, 6.45) is 3.33. The molecule has 0 amide bonds. The molecule has 0 aliphatic heterocycles. The highest BCUT2D eigenvalue weighted by Gasteiger charge is 2.12. The number of hydrogen-bond acceptors (Lipinski definition) is 8. The van der Waals surface area contributed by atoms with Crippen molar-refractivity contribution in [2.75, 3.05) is 46.8 Å². The van der Waals surface area contributed by atoms with Crippen LogP contribution in [0.3, 0.4) is 0 Å². The summed E-state index contributed by atoms with van der Waals surface area (Å²) in [6, 6.07) is 22.1. The minimum absolute atomic E-state index is 0.000148. The van der Waals surface area contributed by atoms with E-state index in [0.717, 1.165) is 41.5 Å². The Balaban J connectivity index is 1.73. The van der Waals surface area contributed by atoms with Crippen molar-refractivity contribution >= 4 is 11.9 Å². The first kappa shape index (κ1) is 33.1. The van der Waals surface area contributed by atoms with E-state index in [-0.39, 0.29) is 44.2 Å². The van der Waals surface area contributed by atoms with Gasteiger partial charge in [0.1, 0.15) is 37.9 Å². The third-order valence-electron chi connectivity index (χ3n) is 6.50. The Bertz CT molecular complexity index is 1360. The maximum absolute atomic E-state index is 11.9. The zero-order valence-electron chi connectivity index (χ0n) is 24.9. The van der Waals surface area contributed by atoms with E-state index in [0.29, 0.717) is 11.5 Å². The molecule has 0 radical (unpaired) electrons. The number of carbonyl (C=O) groups is 2. The summed E-state index contributed by atoms with van der Waals surface area (Å²) in [7, 11) is 1.49. The summed E-state index contributed by atoms with van der Waals surface area (Å²) in [5.41, 5.74) is 5.59. The van der Waals surface area contributed by atoms with Gasteiger partial charge in [-0.15, -0.1) is 0 Å². The number of benzene rings is 3. The summed E-state index contributed by atoms with van der Waals surface area (Å²) in [6.45, 7) is 9.43. The monoisotopic (exact) mass is 588 g/mol. The molecule has 0 aliphatic rings. The van der Waals surface area contributed by atoms with Gasteiger partial charge in [0.05, 0.1) is 24.4 Å². The van der Waals surface area contributed by atoms with Crippen LogP contribution < -0.4 is 9.47 Å². The van der Waals surface area contributed by atoms with Crippen molar-refractivity contribution in [3.8, 4) is 33.8 Å². The molecule has 8 heteroatoms. The van der Waals surface area contributed by atoms with Crippen LogP contribution in [-0.2, 0) is 30.2 Å². The predicted octanol–water partition coefficient (Wildman–Crippen LogP) is 5.96. The standard InChI is InChI=1S/C35H40O8/c1-5-6-7-27-8-10-29(11-9-27)33-22-31(41-19-21-43-35(38)26(3)24-39-4)16-17-32(33)28-12-14-30(15-13-28)40-18-20-42-34(37)25(2)23-36/h8-17,22,36H,2-3,5-7,18-21,23-24H2,1,4H3. The molecule has 1 N–H and O–H groups in total. The van der Waals surface area contributed by atoms with Gasteiger partial charge in [-0.2, -0.15) is 0 Å². The van der Waals surface area contributed by atoms with Gasteiger partial charge >= 0.3 is 11.9 Å². The fourth-order valence-corrected chi connectivity index (χ4v) is 4.16. The van der Waals surface area contributed by atoms with Crippen LogP contribution in [0.25, 0.3) is 22.3 Å². The van der Waals surface area contributed by atoms with Gasteiger partial charge in [-0.05, 0) is 64.9 Å². The van der Waals surface area contributed by atoms with Gasteiger partial charge in [-0.1, -0.05) is 69.0 Å².